The minimum atomic E-state index is -1.54. The van der Waals surface area contributed by atoms with Gasteiger partial charge in [0.25, 0.3) is 11.3 Å². The Bertz CT molecular complexity index is 688. The van der Waals surface area contributed by atoms with E-state index < -0.39 is 17.2 Å². The number of rotatable bonds is 10. The van der Waals surface area contributed by atoms with E-state index in [9.17, 15) is 9.00 Å². The van der Waals surface area contributed by atoms with Gasteiger partial charge in [-0.2, -0.15) is 4.21 Å². The normalized spacial score (nSPS) is 27.9. The fourth-order valence-corrected chi connectivity index (χ4v) is 5.42. The van der Waals surface area contributed by atoms with Crippen LogP contribution in [0.25, 0.3) is 0 Å². The van der Waals surface area contributed by atoms with Crippen molar-refractivity contribution in [3.63, 3.8) is 0 Å². The molecule has 0 radical (unpaired) electrons. The summed E-state index contributed by atoms with van der Waals surface area (Å²) >= 11 is -1.54. The Hall–Kier alpha value is -1.66. The average molecular weight is 392 g/mol. The molecule has 5 atom stereocenters. The van der Waals surface area contributed by atoms with Crippen molar-refractivity contribution in [2.24, 2.45) is 17.8 Å². The summed E-state index contributed by atoms with van der Waals surface area (Å²) in [6.07, 6.45) is 10.6. The zero-order valence-electron chi connectivity index (χ0n) is 15.8. The zero-order chi connectivity index (χ0) is 19.2. The molecule has 2 saturated carbocycles. The summed E-state index contributed by atoms with van der Waals surface area (Å²) in [5.41, 5.74) is 1.14. The van der Waals surface area contributed by atoms with Gasteiger partial charge in [0.2, 0.25) is 0 Å². The van der Waals surface area contributed by atoms with Crippen LogP contribution in [-0.4, -0.2) is 21.3 Å². The van der Waals surface area contributed by atoms with E-state index in [1.165, 1.54) is 19.3 Å². The van der Waals surface area contributed by atoms with Gasteiger partial charge in [-0.1, -0.05) is 29.8 Å². The maximum atomic E-state index is 12.5. The van der Waals surface area contributed by atoms with Gasteiger partial charge in [0.15, 0.2) is 0 Å². The predicted octanol–water partition coefficient (Wildman–Crippen LogP) is 4.16. The van der Waals surface area contributed by atoms with Crippen LogP contribution in [0.15, 0.2) is 36.4 Å². The number of carbonyl (C=O) groups is 1. The summed E-state index contributed by atoms with van der Waals surface area (Å²) in [5, 5.41) is 8.68. The molecule has 2 aliphatic carbocycles. The van der Waals surface area contributed by atoms with E-state index in [0.29, 0.717) is 29.9 Å². The fraction of sp³-hybridized carbons (Fsp3) is 0.571. The van der Waals surface area contributed by atoms with Gasteiger partial charge in [-0.05, 0) is 75.3 Å². The second-order valence-electron chi connectivity index (χ2n) is 7.76. The standard InChI is InChI=1S/C21H29NO4S/c1-15-8-12-18(13-9-15)26-27(25)22-21-17-11-10-16(14-17)19(21)6-4-2-3-5-7-20(23)24/h2,4,8-9,12-13,16-17,19,21-22H,3,5-7,10-11,14H2,1H3,(H,23,24)/t16?,17?,19-,21?,27?/m0/s1. The van der Waals surface area contributed by atoms with Crippen LogP contribution in [-0.2, 0) is 16.1 Å². The van der Waals surface area contributed by atoms with Crippen molar-refractivity contribution in [2.75, 3.05) is 0 Å². The number of fused-ring (bicyclic) bond motifs is 2. The quantitative estimate of drug-likeness (QED) is 0.464. The maximum absolute atomic E-state index is 12.5. The third-order valence-electron chi connectivity index (χ3n) is 5.85. The highest BCUT2D eigenvalue weighted by atomic mass is 32.2. The number of benzene rings is 1. The molecule has 27 heavy (non-hydrogen) atoms. The van der Waals surface area contributed by atoms with Crippen LogP contribution >= 0.6 is 0 Å². The van der Waals surface area contributed by atoms with E-state index in [1.54, 1.807) is 0 Å². The molecule has 2 bridgehead atoms. The summed E-state index contributed by atoms with van der Waals surface area (Å²) < 4.78 is 21.2. The first-order chi connectivity index (χ1) is 13.0. The van der Waals surface area contributed by atoms with Gasteiger partial charge in [0.05, 0.1) is 0 Å². The second kappa shape index (κ2) is 9.51. The summed E-state index contributed by atoms with van der Waals surface area (Å²) in [6.45, 7) is 2.01. The number of carboxylic acid groups (broad SMARTS) is 1. The molecule has 2 fully saturated rings. The largest absolute Gasteiger partial charge is 0.481 e. The highest BCUT2D eigenvalue weighted by molar-refractivity contribution is 7.78. The number of aryl methyl sites for hydroxylation is 1. The van der Waals surface area contributed by atoms with Crippen LogP contribution < -0.4 is 8.91 Å². The first-order valence-corrected chi connectivity index (χ1v) is 10.9. The lowest BCUT2D eigenvalue weighted by atomic mass is 9.83. The minimum absolute atomic E-state index is 0.220. The Morgan fingerprint density at radius 2 is 2.00 bits per heavy atom. The van der Waals surface area contributed by atoms with Gasteiger partial charge in [-0.25, -0.2) is 4.72 Å². The highest BCUT2D eigenvalue weighted by Crippen LogP contribution is 2.50. The number of carboxylic acids is 1. The second-order valence-corrected chi connectivity index (χ2v) is 8.64. The Morgan fingerprint density at radius 1 is 1.26 bits per heavy atom. The van der Waals surface area contributed by atoms with Crippen LogP contribution in [0, 0.1) is 24.7 Å². The molecule has 0 amide bonds. The Labute approximate surface area is 164 Å². The van der Waals surface area contributed by atoms with Crippen LogP contribution in [0.3, 0.4) is 0 Å². The van der Waals surface area contributed by atoms with Crippen LogP contribution in [0.4, 0.5) is 0 Å². The molecule has 1 aromatic rings. The van der Waals surface area contributed by atoms with Gasteiger partial charge in [-0.15, -0.1) is 0 Å². The average Bonchev–Trinajstić information content (AvgIpc) is 3.22. The first-order valence-electron chi connectivity index (χ1n) is 9.82. The lowest BCUT2D eigenvalue weighted by Gasteiger charge is -2.30. The number of allylic oxidation sites excluding steroid dienone is 2. The SMILES string of the molecule is Cc1ccc(OS(=O)NC2C3CCC(C3)[C@@H]2CC=CCCCC(=O)O)cc1. The summed E-state index contributed by atoms with van der Waals surface area (Å²) in [5.74, 6) is 1.62. The molecular weight excluding hydrogens is 362 g/mol. The van der Waals surface area contributed by atoms with Crippen LogP contribution in [0.1, 0.15) is 50.5 Å². The smallest absolute Gasteiger partial charge is 0.303 e. The minimum Gasteiger partial charge on any atom is -0.481 e. The molecule has 0 spiro atoms. The molecule has 6 heteroatoms. The highest BCUT2D eigenvalue weighted by Gasteiger charge is 2.47. The number of nitrogens with one attached hydrogen (secondary N) is 1. The van der Waals surface area contributed by atoms with Gasteiger partial charge >= 0.3 is 5.97 Å². The van der Waals surface area contributed by atoms with Gasteiger partial charge in [0, 0.05) is 12.5 Å². The molecule has 0 aromatic heterocycles. The summed E-state index contributed by atoms with van der Waals surface area (Å²) in [6, 6.07) is 7.79. The van der Waals surface area contributed by atoms with E-state index in [0.717, 1.165) is 18.4 Å². The predicted molar refractivity (Wildman–Crippen MR) is 106 cm³/mol. The molecule has 2 aliphatic rings. The topological polar surface area (TPSA) is 75.6 Å². The van der Waals surface area contributed by atoms with Crippen molar-refractivity contribution in [1.82, 2.24) is 4.72 Å². The lowest BCUT2D eigenvalue weighted by Crippen LogP contribution is -2.42. The number of aliphatic carboxylic acids is 1. The number of hydrogen-bond acceptors (Lipinski definition) is 3. The van der Waals surface area contributed by atoms with E-state index in [1.807, 2.05) is 31.2 Å². The zero-order valence-corrected chi connectivity index (χ0v) is 16.6. The van der Waals surface area contributed by atoms with E-state index in [-0.39, 0.29) is 12.5 Å². The molecule has 2 N–H and O–H groups in total. The third kappa shape index (κ3) is 5.66. The molecule has 0 saturated heterocycles. The molecule has 3 rings (SSSR count). The molecule has 148 valence electrons. The van der Waals surface area contributed by atoms with Crippen molar-refractivity contribution in [3.05, 3.63) is 42.0 Å². The van der Waals surface area contributed by atoms with Crippen LogP contribution in [0.5, 0.6) is 5.75 Å². The van der Waals surface area contributed by atoms with E-state index in [2.05, 4.69) is 16.9 Å². The lowest BCUT2D eigenvalue weighted by molar-refractivity contribution is -0.137. The van der Waals surface area contributed by atoms with Gasteiger partial charge in [0.1, 0.15) is 5.75 Å². The molecule has 0 aliphatic heterocycles. The van der Waals surface area contributed by atoms with E-state index >= 15 is 0 Å². The fourth-order valence-electron chi connectivity index (χ4n) is 4.49. The third-order valence-corrected chi connectivity index (χ3v) is 6.66. The van der Waals surface area contributed by atoms with Gasteiger partial charge in [-0.3, -0.25) is 4.79 Å². The Morgan fingerprint density at radius 3 is 2.74 bits per heavy atom. The summed E-state index contributed by atoms with van der Waals surface area (Å²) in [4.78, 5) is 10.5. The molecule has 5 nitrogen and oxygen atoms in total. The molecule has 4 unspecified atom stereocenters. The maximum Gasteiger partial charge on any atom is 0.303 e. The van der Waals surface area contributed by atoms with Crippen molar-refractivity contribution in [2.45, 2.75) is 57.9 Å². The Balaban J connectivity index is 1.50. The van der Waals surface area contributed by atoms with E-state index in [4.69, 9.17) is 9.29 Å². The van der Waals surface area contributed by atoms with Gasteiger partial charge < -0.3 is 9.29 Å². The molecular formula is C21H29NO4S. The number of hydrogen-bond donors (Lipinski definition) is 2. The molecule has 0 heterocycles. The van der Waals surface area contributed by atoms with Crippen molar-refractivity contribution < 1.29 is 18.3 Å². The molecule has 1 aromatic carbocycles. The van der Waals surface area contributed by atoms with Crippen molar-refractivity contribution in [1.29, 1.82) is 0 Å². The van der Waals surface area contributed by atoms with Crippen molar-refractivity contribution >= 4 is 17.2 Å². The number of unbranched alkanes of at least 4 members (excludes halogenated alkanes) is 1. The van der Waals surface area contributed by atoms with Crippen LogP contribution in [0.2, 0.25) is 0 Å². The monoisotopic (exact) mass is 391 g/mol. The summed E-state index contributed by atoms with van der Waals surface area (Å²) in [7, 11) is 0. The first kappa shape index (κ1) is 20.1. The Kier molecular flexibility index (Phi) is 7.07. The van der Waals surface area contributed by atoms with Crippen molar-refractivity contribution in [3.8, 4) is 5.75 Å².